The number of hydrogen-bond acceptors (Lipinski definition) is 2. The van der Waals surface area contributed by atoms with E-state index in [1.54, 1.807) is 24.9 Å². The smallest absolute Gasteiger partial charge is 0.369 e. The number of rotatable bonds is 3. The molecule has 29 heavy (non-hydrogen) atoms. The highest BCUT2D eigenvalue weighted by Gasteiger charge is 2.32. The van der Waals surface area contributed by atoms with Gasteiger partial charge in [0.1, 0.15) is 0 Å². The van der Waals surface area contributed by atoms with Crippen LogP contribution in [0, 0.1) is 0 Å². The number of anilines is 1. The van der Waals surface area contributed by atoms with E-state index < -0.39 is 11.7 Å². The number of alkyl halides is 3. The highest BCUT2D eigenvalue weighted by Crippen LogP contribution is 2.35. The van der Waals surface area contributed by atoms with E-state index >= 15 is 0 Å². The van der Waals surface area contributed by atoms with Crippen LogP contribution in [0.5, 0.6) is 0 Å². The molecule has 1 aliphatic heterocycles. The summed E-state index contributed by atoms with van der Waals surface area (Å²) in [5.41, 5.74) is 1.93. The number of carbonyl (C=O) groups excluding carboxylic acids is 1. The Morgan fingerprint density at radius 2 is 1.83 bits per heavy atom. The van der Waals surface area contributed by atoms with E-state index in [0.29, 0.717) is 16.9 Å². The number of benzene rings is 2. The summed E-state index contributed by atoms with van der Waals surface area (Å²) in [6.45, 7) is 3.14. The van der Waals surface area contributed by atoms with E-state index in [9.17, 15) is 18.0 Å². The van der Waals surface area contributed by atoms with Crippen LogP contribution in [0.25, 0.3) is 16.6 Å². The standard InChI is InChI=1S/C22H22F3N3O/c1-14-9-10-27(14)16-5-4-6-17(12-16)28-13-19(21(29)26(2)3)18-11-15(22(23,24)25)7-8-20(18)28/h4-8,11-14H,9-10H2,1-3H3. The highest BCUT2D eigenvalue weighted by atomic mass is 19.4. The number of carbonyl (C=O) groups is 1. The maximum Gasteiger partial charge on any atom is 0.416 e. The molecule has 1 aromatic heterocycles. The Bertz CT molecular complexity index is 1080. The summed E-state index contributed by atoms with van der Waals surface area (Å²) >= 11 is 0. The fraction of sp³-hybridized carbons (Fsp3) is 0.318. The summed E-state index contributed by atoms with van der Waals surface area (Å²) in [4.78, 5) is 16.3. The third kappa shape index (κ3) is 3.34. The molecule has 4 nitrogen and oxygen atoms in total. The lowest BCUT2D eigenvalue weighted by Gasteiger charge is -2.41. The van der Waals surface area contributed by atoms with Crippen molar-refractivity contribution in [1.82, 2.24) is 9.47 Å². The first-order valence-corrected chi connectivity index (χ1v) is 9.48. The zero-order valence-corrected chi connectivity index (χ0v) is 16.5. The summed E-state index contributed by atoms with van der Waals surface area (Å²) in [7, 11) is 3.18. The number of hydrogen-bond donors (Lipinski definition) is 0. The van der Waals surface area contributed by atoms with Gasteiger partial charge in [0, 0.05) is 49.6 Å². The van der Waals surface area contributed by atoms with Gasteiger partial charge >= 0.3 is 6.18 Å². The Morgan fingerprint density at radius 3 is 2.41 bits per heavy atom. The average Bonchev–Trinajstić information content (AvgIpc) is 3.04. The number of nitrogens with zero attached hydrogens (tertiary/aromatic N) is 3. The average molecular weight is 401 g/mol. The summed E-state index contributed by atoms with van der Waals surface area (Å²) < 4.78 is 41.6. The van der Waals surface area contributed by atoms with Crippen LogP contribution in [0.15, 0.2) is 48.7 Å². The van der Waals surface area contributed by atoms with Crippen molar-refractivity contribution in [3.8, 4) is 5.69 Å². The second kappa shape index (κ2) is 6.83. The predicted octanol–water partition coefficient (Wildman–Crippen LogP) is 4.95. The van der Waals surface area contributed by atoms with Crippen molar-refractivity contribution in [2.75, 3.05) is 25.5 Å². The molecule has 0 N–H and O–H groups in total. The van der Waals surface area contributed by atoms with E-state index in [4.69, 9.17) is 0 Å². The molecular formula is C22H22F3N3O. The second-order valence-corrected chi connectivity index (χ2v) is 7.69. The molecule has 2 heterocycles. The van der Waals surface area contributed by atoms with Gasteiger partial charge in [-0.15, -0.1) is 0 Å². The van der Waals surface area contributed by atoms with Gasteiger partial charge in [-0.05, 0) is 49.7 Å². The van der Waals surface area contributed by atoms with Gasteiger partial charge in [-0.3, -0.25) is 4.79 Å². The summed E-state index contributed by atoms with van der Waals surface area (Å²) in [6, 6.07) is 11.9. The van der Waals surface area contributed by atoms with E-state index in [2.05, 4.69) is 11.8 Å². The van der Waals surface area contributed by atoms with Gasteiger partial charge in [0.15, 0.2) is 0 Å². The maximum absolute atomic E-state index is 13.3. The van der Waals surface area contributed by atoms with E-state index in [1.165, 1.54) is 11.0 Å². The number of amides is 1. The first kappa shape index (κ1) is 19.4. The normalized spacial score (nSPS) is 16.8. The topological polar surface area (TPSA) is 28.5 Å². The Morgan fingerprint density at radius 1 is 1.10 bits per heavy atom. The van der Waals surface area contributed by atoms with Crippen molar-refractivity contribution < 1.29 is 18.0 Å². The molecule has 1 unspecified atom stereocenters. The number of fused-ring (bicyclic) bond motifs is 1. The van der Waals surface area contributed by atoms with Gasteiger partial charge in [-0.1, -0.05) is 6.07 Å². The van der Waals surface area contributed by atoms with Gasteiger partial charge in [-0.25, -0.2) is 0 Å². The van der Waals surface area contributed by atoms with E-state index in [1.807, 2.05) is 24.3 Å². The van der Waals surface area contributed by atoms with Crippen molar-refractivity contribution in [2.24, 2.45) is 0 Å². The SMILES string of the molecule is CC1CCN1c1cccc(-n2cc(C(=O)N(C)C)c3cc(C(F)(F)F)ccc32)c1. The first-order valence-electron chi connectivity index (χ1n) is 9.48. The summed E-state index contributed by atoms with van der Waals surface area (Å²) in [5, 5.41) is 0.293. The Labute approximate surface area is 167 Å². The molecule has 0 radical (unpaired) electrons. The van der Waals surface area contributed by atoms with Gasteiger partial charge in [0.25, 0.3) is 5.91 Å². The molecule has 1 amide bonds. The molecule has 1 atom stereocenters. The molecule has 0 spiro atoms. The van der Waals surface area contributed by atoms with Crippen molar-refractivity contribution in [3.05, 3.63) is 59.8 Å². The Kier molecular flexibility index (Phi) is 4.56. The maximum atomic E-state index is 13.3. The van der Waals surface area contributed by atoms with Crippen LogP contribution >= 0.6 is 0 Å². The van der Waals surface area contributed by atoms with Crippen molar-refractivity contribution in [2.45, 2.75) is 25.6 Å². The van der Waals surface area contributed by atoms with Crippen molar-refractivity contribution in [1.29, 1.82) is 0 Å². The third-order valence-electron chi connectivity index (χ3n) is 5.53. The highest BCUT2D eigenvalue weighted by molar-refractivity contribution is 6.07. The van der Waals surface area contributed by atoms with Crippen molar-refractivity contribution in [3.63, 3.8) is 0 Å². The lowest BCUT2D eigenvalue weighted by molar-refractivity contribution is -0.137. The van der Waals surface area contributed by atoms with Gasteiger partial charge in [-0.2, -0.15) is 13.2 Å². The second-order valence-electron chi connectivity index (χ2n) is 7.69. The zero-order chi connectivity index (χ0) is 20.9. The quantitative estimate of drug-likeness (QED) is 0.621. The third-order valence-corrected chi connectivity index (χ3v) is 5.53. The molecule has 0 bridgehead atoms. The Hall–Kier alpha value is -2.96. The van der Waals surface area contributed by atoms with Gasteiger partial charge in [0.05, 0.1) is 16.6 Å². The molecular weight excluding hydrogens is 379 g/mol. The van der Waals surface area contributed by atoms with Crippen LogP contribution in [0.1, 0.15) is 29.3 Å². The van der Waals surface area contributed by atoms with Crippen LogP contribution < -0.4 is 4.90 Å². The van der Waals surface area contributed by atoms with Crippen LogP contribution in [0.4, 0.5) is 18.9 Å². The van der Waals surface area contributed by atoms with Crippen LogP contribution in [-0.2, 0) is 6.18 Å². The zero-order valence-electron chi connectivity index (χ0n) is 16.5. The van der Waals surface area contributed by atoms with Crippen LogP contribution in [0.3, 0.4) is 0 Å². The minimum atomic E-state index is -4.47. The molecule has 0 aliphatic carbocycles. The van der Waals surface area contributed by atoms with Crippen LogP contribution in [-0.4, -0.2) is 42.1 Å². The van der Waals surface area contributed by atoms with Gasteiger partial charge in [0.2, 0.25) is 0 Å². The molecule has 152 valence electrons. The summed E-state index contributed by atoms with van der Waals surface area (Å²) in [6.07, 6.45) is -1.70. The molecule has 3 aromatic rings. The van der Waals surface area contributed by atoms with Crippen molar-refractivity contribution >= 4 is 22.5 Å². The van der Waals surface area contributed by atoms with Gasteiger partial charge < -0.3 is 14.4 Å². The largest absolute Gasteiger partial charge is 0.416 e. The molecule has 1 saturated heterocycles. The van der Waals surface area contributed by atoms with E-state index in [-0.39, 0.29) is 11.5 Å². The number of halogens is 3. The Balaban J connectivity index is 1.89. The fourth-order valence-electron chi connectivity index (χ4n) is 3.75. The van der Waals surface area contributed by atoms with Crippen LogP contribution in [0.2, 0.25) is 0 Å². The fourth-order valence-corrected chi connectivity index (χ4v) is 3.75. The summed E-state index contributed by atoms with van der Waals surface area (Å²) in [5.74, 6) is -0.333. The molecule has 2 aromatic carbocycles. The predicted molar refractivity (Wildman–Crippen MR) is 108 cm³/mol. The van der Waals surface area contributed by atoms with E-state index in [0.717, 1.165) is 36.5 Å². The monoisotopic (exact) mass is 401 g/mol. The minimum absolute atomic E-state index is 0.249. The molecule has 1 fully saturated rings. The molecule has 4 rings (SSSR count). The lowest BCUT2D eigenvalue weighted by atomic mass is 10.0. The molecule has 0 saturated carbocycles. The first-order chi connectivity index (χ1) is 13.7. The number of aromatic nitrogens is 1. The molecule has 7 heteroatoms. The lowest BCUT2D eigenvalue weighted by Crippen LogP contribution is -2.45. The molecule has 1 aliphatic rings. The minimum Gasteiger partial charge on any atom is -0.369 e.